The summed E-state index contributed by atoms with van der Waals surface area (Å²) < 4.78 is 0. The third-order valence-corrected chi connectivity index (χ3v) is 4.05. The van der Waals surface area contributed by atoms with Gasteiger partial charge in [0, 0.05) is 0 Å². The van der Waals surface area contributed by atoms with E-state index in [-0.39, 0.29) is 12.1 Å². The van der Waals surface area contributed by atoms with Gasteiger partial charge in [-0.05, 0) is 25.7 Å². The van der Waals surface area contributed by atoms with Gasteiger partial charge in [-0.15, -0.1) is 10.2 Å². The van der Waals surface area contributed by atoms with Crippen molar-refractivity contribution in [2.75, 3.05) is 11.9 Å². The fourth-order valence-electron chi connectivity index (χ4n) is 2.53. The first-order valence-corrected chi connectivity index (χ1v) is 6.64. The van der Waals surface area contributed by atoms with E-state index in [0.717, 1.165) is 23.0 Å². The number of aliphatic hydroxyl groups is 1. The summed E-state index contributed by atoms with van der Waals surface area (Å²) in [5, 5.41) is 22.9. The highest BCUT2D eigenvalue weighted by Crippen LogP contribution is 2.35. The number of hydrogen-bond acceptors (Lipinski definition) is 5. The zero-order valence-electron chi connectivity index (χ0n) is 9.86. The minimum absolute atomic E-state index is 0.177. The van der Waals surface area contributed by atoms with Crippen LogP contribution in [0.3, 0.4) is 0 Å². The number of nitrogens with one attached hydrogen (secondary N) is 1. The lowest BCUT2D eigenvalue weighted by Gasteiger charge is -2.39. The topological polar surface area (TPSA) is 58.0 Å². The molecule has 90 valence electrons. The third-order valence-electron chi connectivity index (χ3n) is 3.29. The van der Waals surface area contributed by atoms with E-state index >= 15 is 0 Å². The summed E-state index contributed by atoms with van der Waals surface area (Å²) >= 11 is 1.55. The third kappa shape index (κ3) is 2.52. The molecule has 0 aromatic carbocycles. The molecule has 0 radical (unpaired) electrons. The van der Waals surface area contributed by atoms with Crippen molar-refractivity contribution in [1.82, 2.24) is 10.2 Å². The van der Waals surface area contributed by atoms with Gasteiger partial charge in [0.25, 0.3) is 0 Å². The van der Waals surface area contributed by atoms with Gasteiger partial charge in [-0.25, -0.2) is 0 Å². The molecule has 4 nitrogen and oxygen atoms in total. The molecule has 2 atom stereocenters. The Kier molecular flexibility index (Phi) is 3.44. The van der Waals surface area contributed by atoms with Gasteiger partial charge in [0.05, 0.1) is 12.1 Å². The van der Waals surface area contributed by atoms with Gasteiger partial charge in [-0.1, -0.05) is 31.1 Å². The van der Waals surface area contributed by atoms with Crippen LogP contribution in [0.1, 0.15) is 37.6 Å². The highest BCUT2D eigenvalue weighted by atomic mass is 32.1. The second kappa shape index (κ2) is 4.67. The largest absolute Gasteiger partial charge is 0.394 e. The highest BCUT2D eigenvalue weighted by molar-refractivity contribution is 7.15. The molecule has 1 saturated carbocycles. The first-order valence-electron chi connectivity index (χ1n) is 5.83. The van der Waals surface area contributed by atoms with E-state index in [1.54, 1.807) is 11.3 Å². The lowest BCUT2D eigenvalue weighted by molar-refractivity contribution is 0.149. The van der Waals surface area contributed by atoms with Crippen molar-refractivity contribution in [2.45, 2.75) is 45.1 Å². The highest BCUT2D eigenvalue weighted by Gasteiger charge is 2.35. The van der Waals surface area contributed by atoms with E-state index < -0.39 is 0 Å². The second-order valence-corrected chi connectivity index (χ2v) is 6.07. The molecule has 0 amide bonds. The maximum Gasteiger partial charge on any atom is 0.206 e. The van der Waals surface area contributed by atoms with E-state index in [1.165, 1.54) is 12.8 Å². The van der Waals surface area contributed by atoms with E-state index in [9.17, 15) is 5.11 Å². The predicted molar refractivity (Wildman–Crippen MR) is 65.7 cm³/mol. The smallest absolute Gasteiger partial charge is 0.206 e. The van der Waals surface area contributed by atoms with Crippen LogP contribution in [-0.4, -0.2) is 27.4 Å². The summed E-state index contributed by atoms with van der Waals surface area (Å²) in [6.45, 7) is 4.37. The van der Waals surface area contributed by atoms with Gasteiger partial charge in [0.1, 0.15) is 5.01 Å². The van der Waals surface area contributed by atoms with Crippen molar-refractivity contribution in [3.8, 4) is 0 Å². The van der Waals surface area contributed by atoms with Gasteiger partial charge in [0.2, 0.25) is 5.13 Å². The molecule has 0 spiro atoms. The molecular formula is C11H19N3OS. The van der Waals surface area contributed by atoms with Gasteiger partial charge in [0.15, 0.2) is 0 Å². The molecule has 0 saturated heterocycles. The number of aromatic nitrogens is 2. The number of rotatable bonds is 3. The maximum atomic E-state index is 9.62. The normalized spacial score (nSPS) is 30.3. The standard InChI is InChI=1S/C11H19N3OS/c1-8-4-3-5-11(6-8,7-15)12-10-14-13-9(2)16-10/h8,15H,3-7H2,1-2H3,(H,12,14). The van der Waals surface area contributed by atoms with Crippen LogP contribution in [0.15, 0.2) is 0 Å². The Bertz CT molecular complexity index is 355. The van der Waals surface area contributed by atoms with Crippen LogP contribution < -0.4 is 5.32 Å². The van der Waals surface area contributed by atoms with Crippen LogP contribution >= 0.6 is 11.3 Å². The van der Waals surface area contributed by atoms with Crippen molar-refractivity contribution in [2.24, 2.45) is 5.92 Å². The fourth-order valence-corrected chi connectivity index (χ4v) is 3.24. The van der Waals surface area contributed by atoms with Crippen LogP contribution in [0.25, 0.3) is 0 Å². The Morgan fingerprint density at radius 3 is 2.94 bits per heavy atom. The van der Waals surface area contributed by atoms with Crippen LogP contribution in [0.5, 0.6) is 0 Å². The number of nitrogens with zero attached hydrogens (tertiary/aromatic N) is 2. The molecule has 1 aliphatic carbocycles. The average molecular weight is 241 g/mol. The Balaban J connectivity index is 2.09. The van der Waals surface area contributed by atoms with E-state index in [4.69, 9.17) is 0 Å². The summed E-state index contributed by atoms with van der Waals surface area (Å²) in [6.07, 6.45) is 4.47. The molecule has 1 fully saturated rings. The molecule has 5 heteroatoms. The summed E-state index contributed by atoms with van der Waals surface area (Å²) in [7, 11) is 0. The molecule has 1 aliphatic rings. The van der Waals surface area contributed by atoms with Crippen molar-refractivity contribution < 1.29 is 5.11 Å². The summed E-state index contributed by atoms with van der Waals surface area (Å²) in [5.74, 6) is 0.669. The van der Waals surface area contributed by atoms with E-state index in [1.807, 2.05) is 6.92 Å². The Hall–Kier alpha value is -0.680. The minimum Gasteiger partial charge on any atom is -0.394 e. The van der Waals surface area contributed by atoms with Crippen LogP contribution in [0, 0.1) is 12.8 Å². The molecule has 0 aliphatic heterocycles. The molecule has 1 heterocycles. The van der Waals surface area contributed by atoms with E-state index in [2.05, 4.69) is 22.4 Å². The zero-order chi connectivity index (χ0) is 11.6. The summed E-state index contributed by atoms with van der Waals surface area (Å²) in [5.41, 5.74) is -0.177. The van der Waals surface area contributed by atoms with Gasteiger partial charge < -0.3 is 10.4 Å². The lowest BCUT2D eigenvalue weighted by atomic mass is 9.77. The fraction of sp³-hybridized carbons (Fsp3) is 0.818. The maximum absolute atomic E-state index is 9.62. The van der Waals surface area contributed by atoms with Gasteiger partial charge in [-0.2, -0.15) is 0 Å². The molecule has 2 unspecified atom stereocenters. The van der Waals surface area contributed by atoms with Crippen LogP contribution in [0.4, 0.5) is 5.13 Å². The van der Waals surface area contributed by atoms with Gasteiger partial charge >= 0.3 is 0 Å². The van der Waals surface area contributed by atoms with Crippen molar-refractivity contribution in [3.63, 3.8) is 0 Å². The van der Waals surface area contributed by atoms with Crippen molar-refractivity contribution in [1.29, 1.82) is 0 Å². The van der Waals surface area contributed by atoms with Crippen LogP contribution in [-0.2, 0) is 0 Å². The Labute approximate surface area is 100 Å². The second-order valence-electron chi connectivity index (χ2n) is 4.89. The quantitative estimate of drug-likeness (QED) is 0.851. The minimum atomic E-state index is -0.177. The first kappa shape index (κ1) is 11.8. The molecule has 2 rings (SSSR count). The summed E-state index contributed by atoms with van der Waals surface area (Å²) in [4.78, 5) is 0. The number of aryl methyl sites for hydroxylation is 1. The molecule has 1 aromatic rings. The molecular weight excluding hydrogens is 222 g/mol. The predicted octanol–water partition coefficient (Wildman–Crippen LogP) is 2.20. The van der Waals surface area contributed by atoms with Crippen molar-refractivity contribution in [3.05, 3.63) is 5.01 Å². The number of anilines is 1. The monoisotopic (exact) mass is 241 g/mol. The lowest BCUT2D eigenvalue weighted by Crippen LogP contribution is -2.45. The zero-order valence-corrected chi connectivity index (χ0v) is 10.7. The first-order chi connectivity index (χ1) is 7.63. The van der Waals surface area contributed by atoms with Gasteiger partial charge in [-0.3, -0.25) is 0 Å². The number of aliphatic hydroxyl groups excluding tert-OH is 1. The SMILES string of the molecule is Cc1nnc(NC2(CO)CCCC(C)C2)s1. The Morgan fingerprint density at radius 2 is 2.38 bits per heavy atom. The molecule has 2 N–H and O–H groups in total. The molecule has 1 aromatic heterocycles. The molecule has 0 bridgehead atoms. The average Bonchev–Trinajstić information content (AvgIpc) is 2.64. The van der Waals surface area contributed by atoms with Crippen molar-refractivity contribution >= 4 is 16.5 Å². The molecule has 16 heavy (non-hydrogen) atoms. The van der Waals surface area contributed by atoms with Crippen LogP contribution in [0.2, 0.25) is 0 Å². The Morgan fingerprint density at radius 1 is 1.56 bits per heavy atom. The van der Waals surface area contributed by atoms with E-state index in [0.29, 0.717) is 5.92 Å². The number of hydrogen-bond donors (Lipinski definition) is 2. The summed E-state index contributed by atoms with van der Waals surface area (Å²) in [6, 6.07) is 0.